The van der Waals surface area contributed by atoms with Gasteiger partial charge in [-0.05, 0) is 35.1 Å². The first-order valence-electron chi connectivity index (χ1n) is 8.87. The molecule has 0 heterocycles. The molecule has 2 aromatic carbocycles. The highest BCUT2D eigenvalue weighted by Crippen LogP contribution is 2.25. The highest BCUT2D eigenvalue weighted by Gasteiger charge is 2.22. The normalized spacial score (nSPS) is 12.5. The van der Waals surface area contributed by atoms with Crippen LogP contribution in [0.2, 0.25) is 0 Å². The molecule has 0 unspecified atom stereocenters. The number of ether oxygens (including phenoxy) is 1. The average molecular weight is 339 g/mol. The molecule has 0 spiro atoms. The molecule has 0 bridgehead atoms. The standard InChI is InChI=1S/C22H29NO2/c1-6-20(21(24)23(5)16-17-10-8-7-9-11-17)25-19-14-12-18(13-15-19)22(2,3)4/h7-15,20H,6,16H2,1-5H3/t20-/m0/s1. The van der Waals surface area contributed by atoms with Crippen LogP contribution in [0, 0.1) is 0 Å². The van der Waals surface area contributed by atoms with E-state index in [4.69, 9.17) is 4.74 Å². The molecular formula is C22H29NO2. The van der Waals surface area contributed by atoms with Gasteiger partial charge in [-0.25, -0.2) is 0 Å². The fraction of sp³-hybridized carbons (Fsp3) is 0.409. The predicted octanol–water partition coefficient (Wildman–Crippen LogP) is 4.80. The summed E-state index contributed by atoms with van der Waals surface area (Å²) in [6, 6.07) is 18.0. The quantitative estimate of drug-likeness (QED) is 0.756. The molecule has 0 aliphatic carbocycles. The number of carbonyl (C=O) groups is 1. The summed E-state index contributed by atoms with van der Waals surface area (Å²) in [6.07, 6.45) is 0.174. The van der Waals surface area contributed by atoms with Crippen molar-refractivity contribution < 1.29 is 9.53 Å². The molecule has 0 aliphatic heterocycles. The van der Waals surface area contributed by atoms with Gasteiger partial charge in [0.05, 0.1) is 0 Å². The Balaban J connectivity index is 2.02. The molecule has 25 heavy (non-hydrogen) atoms. The van der Waals surface area contributed by atoms with Gasteiger partial charge in [-0.2, -0.15) is 0 Å². The second kappa shape index (κ2) is 8.19. The summed E-state index contributed by atoms with van der Waals surface area (Å²) < 4.78 is 5.96. The number of benzene rings is 2. The predicted molar refractivity (Wildman–Crippen MR) is 103 cm³/mol. The van der Waals surface area contributed by atoms with Crippen LogP contribution < -0.4 is 4.74 Å². The number of nitrogens with zero attached hydrogens (tertiary/aromatic N) is 1. The Bertz CT molecular complexity index is 671. The van der Waals surface area contributed by atoms with Crippen LogP contribution in [-0.2, 0) is 16.8 Å². The third-order valence-electron chi connectivity index (χ3n) is 4.28. The second-order valence-corrected chi connectivity index (χ2v) is 7.47. The Morgan fingerprint density at radius 2 is 1.64 bits per heavy atom. The lowest BCUT2D eigenvalue weighted by Crippen LogP contribution is -2.39. The summed E-state index contributed by atoms with van der Waals surface area (Å²) in [5, 5.41) is 0. The van der Waals surface area contributed by atoms with Gasteiger partial charge >= 0.3 is 0 Å². The van der Waals surface area contributed by atoms with E-state index in [9.17, 15) is 4.79 Å². The highest BCUT2D eigenvalue weighted by molar-refractivity contribution is 5.81. The maximum atomic E-state index is 12.7. The Labute approximate surface area is 151 Å². The van der Waals surface area contributed by atoms with Crippen LogP contribution in [0.5, 0.6) is 5.75 Å². The maximum Gasteiger partial charge on any atom is 0.263 e. The molecule has 0 saturated heterocycles. The number of rotatable bonds is 6. The first-order chi connectivity index (χ1) is 11.8. The molecule has 0 N–H and O–H groups in total. The summed E-state index contributed by atoms with van der Waals surface area (Å²) in [4.78, 5) is 14.4. The van der Waals surface area contributed by atoms with Crippen molar-refractivity contribution in [3.63, 3.8) is 0 Å². The first kappa shape index (κ1) is 19.0. The Morgan fingerprint density at radius 3 is 2.16 bits per heavy atom. The van der Waals surface area contributed by atoms with E-state index < -0.39 is 6.10 Å². The molecule has 0 fully saturated rings. The van der Waals surface area contributed by atoms with Gasteiger partial charge in [-0.3, -0.25) is 4.79 Å². The van der Waals surface area contributed by atoms with Crippen molar-refractivity contribution in [1.29, 1.82) is 0 Å². The zero-order chi connectivity index (χ0) is 18.4. The van der Waals surface area contributed by atoms with Crippen LogP contribution >= 0.6 is 0 Å². The minimum atomic E-state index is -0.464. The topological polar surface area (TPSA) is 29.5 Å². The Kier molecular flexibility index (Phi) is 6.24. The number of amides is 1. The molecule has 0 aromatic heterocycles. The van der Waals surface area contributed by atoms with Crippen molar-refractivity contribution in [2.75, 3.05) is 7.05 Å². The van der Waals surface area contributed by atoms with Crippen LogP contribution in [0.25, 0.3) is 0 Å². The third-order valence-corrected chi connectivity index (χ3v) is 4.28. The molecule has 1 atom stereocenters. The maximum absolute atomic E-state index is 12.7. The molecule has 1 amide bonds. The smallest absolute Gasteiger partial charge is 0.263 e. The third kappa shape index (κ3) is 5.35. The van der Waals surface area contributed by atoms with Gasteiger partial charge in [0, 0.05) is 13.6 Å². The van der Waals surface area contributed by atoms with Gasteiger partial charge in [0.2, 0.25) is 0 Å². The monoisotopic (exact) mass is 339 g/mol. The van der Waals surface area contributed by atoms with E-state index in [0.717, 1.165) is 11.3 Å². The van der Waals surface area contributed by atoms with E-state index >= 15 is 0 Å². The van der Waals surface area contributed by atoms with Crippen LogP contribution in [-0.4, -0.2) is 24.0 Å². The number of hydrogen-bond acceptors (Lipinski definition) is 2. The van der Waals surface area contributed by atoms with Crippen LogP contribution in [0.3, 0.4) is 0 Å². The molecule has 134 valence electrons. The Hall–Kier alpha value is -2.29. The lowest BCUT2D eigenvalue weighted by molar-refractivity contribution is -0.138. The fourth-order valence-corrected chi connectivity index (χ4v) is 2.69. The van der Waals surface area contributed by atoms with Crippen molar-refractivity contribution in [3.8, 4) is 5.75 Å². The molecule has 0 radical (unpaired) electrons. The van der Waals surface area contributed by atoms with E-state index in [-0.39, 0.29) is 11.3 Å². The van der Waals surface area contributed by atoms with Gasteiger partial charge in [0.25, 0.3) is 5.91 Å². The largest absolute Gasteiger partial charge is 0.481 e. The van der Waals surface area contributed by atoms with Crippen molar-refractivity contribution in [3.05, 3.63) is 65.7 Å². The molecule has 0 saturated carbocycles. The van der Waals surface area contributed by atoms with Crippen molar-refractivity contribution >= 4 is 5.91 Å². The van der Waals surface area contributed by atoms with E-state index in [1.807, 2.05) is 56.4 Å². The SMILES string of the molecule is CC[C@H](Oc1ccc(C(C)(C)C)cc1)C(=O)N(C)Cc1ccccc1. The van der Waals surface area contributed by atoms with Gasteiger partial charge in [0.15, 0.2) is 6.10 Å². The minimum absolute atomic E-state index is 0.00579. The van der Waals surface area contributed by atoms with E-state index in [2.05, 4.69) is 32.9 Å². The second-order valence-electron chi connectivity index (χ2n) is 7.47. The molecule has 3 heteroatoms. The minimum Gasteiger partial charge on any atom is -0.481 e. The number of hydrogen-bond donors (Lipinski definition) is 0. The zero-order valence-electron chi connectivity index (χ0n) is 16.0. The fourth-order valence-electron chi connectivity index (χ4n) is 2.69. The molecule has 2 aromatic rings. The van der Waals surface area contributed by atoms with Crippen LogP contribution in [0.1, 0.15) is 45.2 Å². The van der Waals surface area contributed by atoms with Crippen molar-refractivity contribution in [2.24, 2.45) is 0 Å². The van der Waals surface area contributed by atoms with Crippen molar-refractivity contribution in [1.82, 2.24) is 4.90 Å². The summed E-state index contributed by atoms with van der Waals surface area (Å²) in [5.74, 6) is 0.743. The van der Waals surface area contributed by atoms with Gasteiger partial charge in [-0.15, -0.1) is 0 Å². The van der Waals surface area contributed by atoms with Crippen molar-refractivity contribution in [2.45, 2.75) is 52.2 Å². The molecular weight excluding hydrogens is 310 g/mol. The lowest BCUT2D eigenvalue weighted by Gasteiger charge is -2.24. The summed E-state index contributed by atoms with van der Waals surface area (Å²) in [5.41, 5.74) is 2.47. The van der Waals surface area contributed by atoms with E-state index in [1.54, 1.807) is 4.90 Å². The lowest BCUT2D eigenvalue weighted by atomic mass is 9.87. The van der Waals surface area contributed by atoms with Gasteiger partial charge in [-0.1, -0.05) is 70.2 Å². The van der Waals surface area contributed by atoms with Crippen LogP contribution in [0.15, 0.2) is 54.6 Å². The highest BCUT2D eigenvalue weighted by atomic mass is 16.5. The van der Waals surface area contributed by atoms with Gasteiger partial charge in [0.1, 0.15) is 5.75 Å². The van der Waals surface area contributed by atoms with E-state index in [0.29, 0.717) is 13.0 Å². The van der Waals surface area contributed by atoms with Crippen LogP contribution in [0.4, 0.5) is 0 Å². The number of likely N-dealkylation sites (N-methyl/N-ethyl adjacent to an activating group) is 1. The van der Waals surface area contributed by atoms with Gasteiger partial charge < -0.3 is 9.64 Å². The number of carbonyl (C=O) groups excluding carboxylic acids is 1. The average Bonchev–Trinajstić information content (AvgIpc) is 2.59. The molecule has 2 rings (SSSR count). The summed E-state index contributed by atoms with van der Waals surface area (Å²) in [7, 11) is 1.82. The zero-order valence-corrected chi connectivity index (χ0v) is 16.0. The summed E-state index contributed by atoms with van der Waals surface area (Å²) >= 11 is 0. The molecule has 0 aliphatic rings. The first-order valence-corrected chi connectivity index (χ1v) is 8.87. The Morgan fingerprint density at radius 1 is 1.04 bits per heavy atom. The summed E-state index contributed by atoms with van der Waals surface area (Å²) in [6.45, 7) is 9.10. The molecule has 3 nitrogen and oxygen atoms in total. The van der Waals surface area contributed by atoms with E-state index in [1.165, 1.54) is 5.56 Å².